The van der Waals surface area contributed by atoms with Crippen LogP contribution in [0.4, 0.5) is 10.5 Å². The van der Waals surface area contributed by atoms with E-state index < -0.39 is 6.09 Å². The zero-order valence-corrected chi connectivity index (χ0v) is 11.1. The fraction of sp³-hybridized carbons (Fsp3) is 0.333. The highest BCUT2D eigenvalue weighted by molar-refractivity contribution is 9.10. The van der Waals surface area contributed by atoms with Crippen molar-refractivity contribution >= 4 is 39.7 Å². The quantitative estimate of drug-likeness (QED) is 0.379. The van der Waals surface area contributed by atoms with E-state index in [1.165, 1.54) is 11.9 Å². The van der Waals surface area contributed by atoms with Gasteiger partial charge in [0.25, 0.3) is 0 Å². The number of hydrogen-bond donors (Lipinski definition) is 2. The van der Waals surface area contributed by atoms with Crippen LogP contribution in [-0.4, -0.2) is 23.6 Å². The molecule has 0 unspecified atom stereocenters. The van der Waals surface area contributed by atoms with Gasteiger partial charge in [0.05, 0.1) is 12.5 Å². The smallest absolute Gasteiger partial charge is 0.417 e. The van der Waals surface area contributed by atoms with Crippen LogP contribution < -0.4 is 10.0 Å². The zero-order chi connectivity index (χ0) is 11.8. The van der Waals surface area contributed by atoms with Gasteiger partial charge in [-0.2, -0.15) is 0 Å². The van der Waals surface area contributed by atoms with E-state index in [1.807, 2.05) is 12.1 Å². The SMILES string of the molecule is CCOC(=O)NSCNc1ccnc(Br)c1. The number of amides is 1. The molecule has 0 saturated carbocycles. The molecule has 0 radical (unpaired) electrons. The minimum Gasteiger partial charge on any atom is -0.449 e. The van der Waals surface area contributed by atoms with Crippen molar-refractivity contribution in [1.82, 2.24) is 9.71 Å². The van der Waals surface area contributed by atoms with E-state index in [0.717, 1.165) is 10.3 Å². The Labute approximate surface area is 107 Å². The predicted molar refractivity (Wildman–Crippen MR) is 68.2 cm³/mol. The molecule has 1 rings (SSSR count). The van der Waals surface area contributed by atoms with Crippen LogP contribution in [0.2, 0.25) is 0 Å². The van der Waals surface area contributed by atoms with Gasteiger partial charge in [0.2, 0.25) is 0 Å². The van der Waals surface area contributed by atoms with Crippen molar-refractivity contribution in [2.75, 3.05) is 17.8 Å². The summed E-state index contributed by atoms with van der Waals surface area (Å²) in [5, 5.41) is 3.11. The first-order chi connectivity index (χ1) is 7.72. The van der Waals surface area contributed by atoms with E-state index in [4.69, 9.17) is 4.74 Å². The van der Waals surface area contributed by atoms with Crippen LogP contribution in [0.15, 0.2) is 22.9 Å². The van der Waals surface area contributed by atoms with Gasteiger partial charge in [-0.1, -0.05) is 0 Å². The standard InChI is InChI=1S/C9H12BrN3O2S/c1-2-15-9(14)13-16-6-12-7-3-4-11-8(10)5-7/h3-5H,2,6H2,1H3,(H,11,12)(H,13,14). The molecule has 1 aromatic heterocycles. The fourth-order valence-corrected chi connectivity index (χ4v) is 1.74. The Balaban J connectivity index is 2.18. The van der Waals surface area contributed by atoms with Gasteiger partial charge in [0, 0.05) is 11.9 Å². The van der Waals surface area contributed by atoms with Crippen LogP contribution >= 0.6 is 27.9 Å². The predicted octanol–water partition coefficient (Wildman–Crippen LogP) is 2.61. The highest BCUT2D eigenvalue weighted by Gasteiger charge is 1.99. The first kappa shape index (κ1) is 13.1. The molecule has 0 atom stereocenters. The third-order valence-electron chi connectivity index (χ3n) is 1.51. The number of anilines is 1. The monoisotopic (exact) mass is 305 g/mol. The Morgan fingerprint density at radius 1 is 1.69 bits per heavy atom. The molecule has 2 N–H and O–H groups in total. The number of carbonyl (C=O) groups is 1. The number of aromatic nitrogens is 1. The number of carbonyl (C=O) groups excluding carboxylic acids is 1. The molecule has 1 aromatic rings. The molecule has 0 aliphatic heterocycles. The number of pyridine rings is 1. The zero-order valence-electron chi connectivity index (χ0n) is 8.70. The number of rotatable bonds is 5. The van der Waals surface area contributed by atoms with Crippen LogP contribution in [0, 0.1) is 0 Å². The lowest BCUT2D eigenvalue weighted by Gasteiger charge is -2.06. The van der Waals surface area contributed by atoms with E-state index in [1.54, 1.807) is 13.1 Å². The van der Waals surface area contributed by atoms with Crippen molar-refractivity contribution in [3.8, 4) is 0 Å². The van der Waals surface area contributed by atoms with Gasteiger partial charge in [-0.25, -0.2) is 9.78 Å². The normalized spacial score (nSPS) is 9.62. The molecule has 0 saturated heterocycles. The Morgan fingerprint density at radius 3 is 3.19 bits per heavy atom. The lowest BCUT2D eigenvalue weighted by Crippen LogP contribution is -2.18. The molecule has 0 aliphatic rings. The summed E-state index contributed by atoms with van der Waals surface area (Å²) in [6.07, 6.45) is 1.26. The molecular formula is C9H12BrN3O2S. The van der Waals surface area contributed by atoms with Crippen molar-refractivity contribution in [3.63, 3.8) is 0 Å². The van der Waals surface area contributed by atoms with Crippen LogP contribution in [0.5, 0.6) is 0 Å². The van der Waals surface area contributed by atoms with E-state index >= 15 is 0 Å². The van der Waals surface area contributed by atoms with E-state index in [9.17, 15) is 4.79 Å². The average Bonchev–Trinajstić information content (AvgIpc) is 2.25. The lowest BCUT2D eigenvalue weighted by molar-refractivity contribution is 0.159. The molecule has 0 aromatic carbocycles. The van der Waals surface area contributed by atoms with Crippen molar-refractivity contribution in [3.05, 3.63) is 22.9 Å². The van der Waals surface area contributed by atoms with Gasteiger partial charge < -0.3 is 10.1 Å². The summed E-state index contributed by atoms with van der Waals surface area (Å²) >= 11 is 4.50. The van der Waals surface area contributed by atoms with Gasteiger partial charge in [0.1, 0.15) is 4.60 Å². The molecule has 1 amide bonds. The Kier molecular flexibility index (Phi) is 6.02. The molecule has 0 aliphatic carbocycles. The molecular weight excluding hydrogens is 294 g/mol. The van der Waals surface area contributed by atoms with Crippen molar-refractivity contribution in [1.29, 1.82) is 0 Å². The fourth-order valence-electron chi connectivity index (χ4n) is 0.887. The third kappa shape index (κ3) is 5.22. The number of nitrogens with one attached hydrogen (secondary N) is 2. The number of nitrogens with zero attached hydrogens (tertiary/aromatic N) is 1. The molecule has 0 bridgehead atoms. The maximum atomic E-state index is 10.9. The van der Waals surface area contributed by atoms with Crippen LogP contribution in [-0.2, 0) is 4.74 Å². The Morgan fingerprint density at radius 2 is 2.50 bits per heavy atom. The Bertz CT molecular complexity index is 351. The van der Waals surface area contributed by atoms with E-state index in [0.29, 0.717) is 12.5 Å². The molecule has 5 nitrogen and oxygen atoms in total. The molecule has 0 fully saturated rings. The van der Waals surface area contributed by atoms with Gasteiger partial charge in [0.15, 0.2) is 0 Å². The van der Waals surface area contributed by atoms with Gasteiger partial charge in [-0.05, 0) is 46.9 Å². The first-order valence-electron chi connectivity index (χ1n) is 4.62. The van der Waals surface area contributed by atoms with E-state index in [-0.39, 0.29) is 0 Å². The van der Waals surface area contributed by atoms with Gasteiger partial charge in [-0.15, -0.1) is 0 Å². The first-order valence-corrected chi connectivity index (χ1v) is 6.40. The maximum absolute atomic E-state index is 10.9. The van der Waals surface area contributed by atoms with Crippen molar-refractivity contribution < 1.29 is 9.53 Å². The maximum Gasteiger partial charge on any atom is 0.417 e. The largest absolute Gasteiger partial charge is 0.449 e. The third-order valence-corrected chi connectivity index (χ3v) is 2.54. The summed E-state index contributed by atoms with van der Waals surface area (Å²) in [5.74, 6) is 0.551. The summed E-state index contributed by atoms with van der Waals surface area (Å²) in [4.78, 5) is 14.9. The second-order valence-corrected chi connectivity index (χ2v) is 4.25. The molecule has 0 spiro atoms. The number of ether oxygens (including phenoxy) is 1. The topological polar surface area (TPSA) is 63.2 Å². The van der Waals surface area contributed by atoms with Crippen LogP contribution in [0.1, 0.15) is 6.92 Å². The van der Waals surface area contributed by atoms with E-state index in [2.05, 4.69) is 31.0 Å². The second kappa shape index (κ2) is 7.34. The number of halogens is 1. The average molecular weight is 306 g/mol. The summed E-state index contributed by atoms with van der Waals surface area (Å²) < 4.78 is 8.00. The highest BCUT2D eigenvalue weighted by atomic mass is 79.9. The molecule has 16 heavy (non-hydrogen) atoms. The Hall–Kier alpha value is -0.950. The second-order valence-electron chi connectivity index (χ2n) is 2.66. The highest BCUT2D eigenvalue weighted by Crippen LogP contribution is 2.13. The van der Waals surface area contributed by atoms with Crippen molar-refractivity contribution in [2.24, 2.45) is 0 Å². The summed E-state index contributed by atoms with van der Waals surface area (Å²) in [7, 11) is 0. The van der Waals surface area contributed by atoms with Crippen LogP contribution in [0.3, 0.4) is 0 Å². The van der Waals surface area contributed by atoms with Gasteiger partial charge >= 0.3 is 6.09 Å². The summed E-state index contributed by atoms with van der Waals surface area (Å²) in [6, 6.07) is 3.70. The minimum atomic E-state index is -0.426. The lowest BCUT2D eigenvalue weighted by atomic mass is 10.4. The molecule has 7 heteroatoms. The van der Waals surface area contributed by atoms with Crippen LogP contribution in [0.25, 0.3) is 0 Å². The molecule has 88 valence electrons. The minimum absolute atomic E-state index is 0.372. The number of hydrogen-bond acceptors (Lipinski definition) is 5. The molecule has 1 heterocycles. The summed E-state index contributed by atoms with van der Waals surface area (Å²) in [5.41, 5.74) is 0.931. The van der Waals surface area contributed by atoms with Crippen molar-refractivity contribution in [2.45, 2.75) is 6.92 Å². The van der Waals surface area contributed by atoms with Gasteiger partial charge in [-0.3, -0.25) is 4.72 Å². The summed E-state index contributed by atoms with van der Waals surface area (Å²) in [6.45, 7) is 2.13.